The van der Waals surface area contributed by atoms with Crippen molar-refractivity contribution in [3.63, 3.8) is 0 Å². The highest BCUT2D eigenvalue weighted by atomic mass is 35.5. The van der Waals surface area contributed by atoms with E-state index < -0.39 is 0 Å². The second-order valence-corrected chi connectivity index (χ2v) is 3.09. The van der Waals surface area contributed by atoms with Crippen LogP contribution >= 0.6 is 11.6 Å². The number of aromatic nitrogens is 2. The van der Waals surface area contributed by atoms with E-state index in [9.17, 15) is 0 Å². The molecule has 0 amide bonds. The molecule has 0 atom stereocenters. The van der Waals surface area contributed by atoms with Gasteiger partial charge in [-0.05, 0) is 12.1 Å². The molecule has 0 saturated heterocycles. The first-order chi connectivity index (χ1) is 6.79. The summed E-state index contributed by atoms with van der Waals surface area (Å²) in [6, 6.07) is 3.40. The minimum atomic E-state index is -0.166. The second kappa shape index (κ2) is 3.77. The predicted molar refractivity (Wildman–Crippen MR) is 50.7 cm³/mol. The Morgan fingerprint density at radius 2 is 2.14 bits per heavy atom. The third-order valence-electron chi connectivity index (χ3n) is 1.66. The smallest absolute Gasteiger partial charge is 0.245 e. The molecule has 0 bridgehead atoms. The van der Waals surface area contributed by atoms with Crippen molar-refractivity contribution in [2.75, 3.05) is 0 Å². The molecule has 0 aromatic carbocycles. The van der Waals surface area contributed by atoms with Gasteiger partial charge in [0.25, 0.3) is 0 Å². The Morgan fingerprint density at radius 1 is 1.29 bits per heavy atom. The fraction of sp³-hybridized carbons (Fsp3) is 0.111. The fourth-order valence-electron chi connectivity index (χ4n) is 1.00. The summed E-state index contributed by atoms with van der Waals surface area (Å²) in [5.41, 5.74) is 0.592. The van der Waals surface area contributed by atoms with Crippen LogP contribution in [0.25, 0.3) is 11.6 Å². The zero-order chi connectivity index (χ0) is 9.97. The molecular formula is C9H7ClN2O2. The molecule has 0 aliphatic heterocycles. The first-order valence-electron chi connectivity index (χ1n) is 3.97. The Balaban J connectivity index is 2.34. The third kappa shape index (κ3) is 1.76. The summed E-state index contributed by atoms with van der Waals surface area (Å²) in [4.78, 5) is 7.98. The Kier molecular flexibility index (Phi) is 2.47. The number of aliphatic hydroxyl groups excluding tert-OH is 1. The highest BCUT2D eigenvalue weighted by Crippen LogP contribution is 2.18. The van der Waals surface area contributed by atoms with Crippen LogP contribution in [0.2, 0.25) is 5.02 Å². The largest absolute Gasteiger partial charge is 0.437 e. The molecule has 2 aromatic rings. The van der Waals surface area contributed by atoms with E-state index in [0.717, 1.165) is 0 Å². The van der Waals surface area contributed by atoms with Crippen LogP contribution in [-0.4, -0.2) is 15.1 Å². The number of hydrogen-bond acceptors (Lipinski definition) is 4. The summed E-state index contributed by atoms with van der Waals surface area (Å²) in [6.07, 6.45) is 2.98. The number of nitrogens with zero attached hydrogens (tertiary/aromatic N) is 2. The number of aliphatic hydroxyl groups is 1. The molecule has 72 valence electrons. The molecule has 5 heteroatoms. The monoisotopic (exact) mass is 210 g/mol. The summed E-state index contributed by atoms with van der Waals surface area (Å²) < 4.78 is 5.19. The molecule has 2 rings (SSSR count). The van der Waals surface area contributed by atoms with Gasteiger partial charge < -0.3 is 9.52 Å². The molecule has 0 radical (unpaired) electrons. The first-order valence-corrected chi connectivity index (χ1v) is 4.35. The molecule has 0 aliphatic carbocycles. The Hall–Kier alpha value is -1.39. The molecule has 0 saturated carbocycles. The van der Waals surface area contributed by atoms with Crippen LogP contribution in [0, 0.1) is 0 Å². The Morgan fingerprint density at radius 3 is 2.71 bits per heavy atom. The van der Waals surface area contributed by atoms with Crippen molar-refractivity contribution in [2.24, 2.45) is 0 Å². The normalized spacial score (nSPS) is 10.4. The van der Waals surface area contributed by atoms with E-state index in [1.54, 1.807) is 12.1 Å². The molecule has 2 heterocycles. The van der Waals surface area contributed by atoms with Crippen molar-refractivity contribution in [2.45, 2.75) is 6.61 Å². The van der Waals surface area contributed by atoms with Crippen LogP contribution < -0.4 is 0 Å². The maximum Gasteiger partial charge on any atom is 0.245 e. The van der Waals surface area contributed by atoms with Crippen molar-refractivity contribution in [1.82, 2.24) is 9.97 Å². The summed E-state index contributed by atoms with van der Waals surface area (Å²) in [5, 5.41) is 9.32. The van der Waals surface area contributed by atoms with Crippen LogP contribution in [0.5, 0.6) is 0 Å². The molecular weight excluding hydrogens is 204 g/mol. The summed E-state index contributed by atoms with van der Waals surface area (Å²) in [7, 11) is 0. The van der Waals surface area contributed by atoms with Gasteiger partial charge in [-0.3, -0.25) is 0 Å². The van der Waals surface area contributed by atoms with Crippen molar-refractivity contribution in [3.05, 3.63) is 35.3 Å². The Bertz CT molecular complexity index is 425. The Labute approximate surface area is 85.2 Å². The number of hydrogen-bond donors (Lipinski definition) is 1. The maximum absolute atomic E-state index is 8.77. The minimum absolute atomic E-state index is 0.166. The van der Waals surface area contributed by atoms with E-state index in [1.165, 1.54) is 12.4 Å². The van der Waals surface area contributed by atoms with Crippen molar-refractivity contribution >= 4 is 11.6 Å². The number of oxazole rings is 1. The number of halogens is 1. The summed E-state index contributed by atoms with van der Waals surface area (Å²) in [6.45, 7) is -0.166. The van der Waals surface area contributed by atoms with Crippen LogP contribution in [0.15, 0.2) is 28.9 Å². The molecule has 2 aromatic heterocycles. The maximum atomic E-state index is 8.77. The van der Waals surface area contributed by atoms with E-state index in [-0.39, 0.29) is 6.61 Å². The molecule has 4 nitrogen and oxygen atoms in total. The van der Waals surface area contributed by atoms with Gasteiger partial charge in [-0.15, -0.1) is 0 Å². The van der Waals surface area contributed by atoms with E-state index in [1.807, 2.05) is 0 Å². The van der Waals surface area contributed by atoms with Gasteiger partial charge in [-0.25, -0.2) is 9.97 Å². The lowest BCUT2D eigenvalue weighted by Gasteiger charge is -1.93. The molecule has 0 aliphatic rings. The van der Waals surface area contributed by atoms with Gasteiger partial charge >= 0.3 is 0 Å². The van der Waals surface area contributed by atoms with Crippen LogP contribution in [0.1, 0.15) is 5.76 Å². The second-order valence-electron chi connectivity index (χ2n) is 2.65. The van der Waals surface area contributed by atoms with Gasteiger partial charge in [-0.2, -0.15) is 0 Å². The van der Waals surface area contributed by atoms with Gasteiger partial charge in [0.1, 0.15) is 18.1 Å². The third-order valence-corrected chi connectivity index (χ3v) is 1.88. The van der Waals surface area contributed by atoms with E-state index >= 15 is 0 Å². The standard InChI is InChI=1S/C9H7ClN2O2/c10-6-1-2-8(11-3-6)9-12-4-7(5-13)14-9/h1-4,13H,5H2. The van der Waals surface area contributed by atoms with Gasteiger partial charge in [-0.1, -0.05) is 11.6 Å². The predicted octanol–water partition coefficient (Wildman–Crippen LogP) is 1.88. The van der Waals surface area contributed by atoms with Gasteiger partial charge in [0.05, 0.1) is 11.2 Å². The van der Waals surface area contributed by atoms with Crippen molar-refractivity contribution in [3.8, 4) is 11.6 Å². The SMILES string of the molecule is OCc1cnc(-c2ccc(Cl)cn2)o1. The first kappa shape index (κ1) is 9.18. The summed E-state index contributed by atoms with van der Waals surface area (Å²) in [5.74, 6) is 0.794. The lowest BCUT2D eigenvalue weighted by Crippen LogP contribution is -1.81. The van der Waals surface area contributed by atoms with Crippen LogP contribution in [-0.2, 0) is 6.61 Å². The molecule has 14 heavy (non-hydrogen) atoms. The van der Waals surface area contributed by atoms with Gasteiger partial charge in [0.15, 0.2) is 0 Å². The number of pyridine rings is 1. The van der Waals surface area contributed by atoms with Gasteiger partial charge in [0, 0.05) is 6.20 Å². The van der Waals surface area contributed by atoms with E-state index in [0.29, 0.717) is 22.4 Å². The highest BCUT2D eigenvalue weighted by molar-refractivity contribution is 6.30. The average molecular weight is 211 g/mol. The quantitative estimate of drug-likeness (QED) is 0.822. The van der Waals surface area contributed by atoms with E-state index in [4.69, 9.17) is 21.1 Å². The lowest BCUT2D eigenvalue weighted by molar-refractivity contribution is 0.248. The average Bonchev–Trinajstić information content (AvgIpc) is 2.67. The van der Waals surface area contributed by atoms with Crippen molar-refractivity contribution in [1.29, 1.82) is 0 Å². The van der Waals surface area contributed by atoms with Crippen LogP contribution in [0.3, 0.4) is 0 Å². The minimum Gasteiger partial charge on any atom is -0.437 e. The zero-order valence-electron chi connectivity index (χ0n) is 7.14. The molecule has 1 N–H and O–H groups in total. The fourth-order valence-corrected chi connectivity index (χ4v) is 1.11. The zero-order valence-corrected chi connectivity index (χ0v) is 7.90. The van der Waals surface area contributed by atoms with Crippen LogP contribution in [0.4, 0.5) is 0 Å². The van der Waals surface area contributed by atoms with E-state index in [2.05, 4.69) is 9.97 Å². The summed E-state index contributed by atoms with van der Waals surface area (Å²) >= 11 is 5.68. The highest BCUT2D eigenvalue weighted by Gasteiger charge is 2.06. The molecule has 0 spiro atoms. The molecule has 0 fully saturated rings. The van der Waals surface area contributed by atoms with Crippen molar-refractivity contribution < 1.29 is 9.52 Å². The number of rotatable bonds is 2. The topological polar surface area (TPSA) is 59.2 Å². The molecule has 0 unspecified atom stereocenters. The lowest BCUT2D eigenvalue weighted by atomic mass is 10.3. The van der Waals surface area contributed by atoms with Gasteiger partial charge in [0.2, 0.25) is 5.89 Å².